The molecule has 0 saturated heterocycles. The number of hydrazone groups is 1. The summed E-state index contributed by atoms with van der Waals surface area (Å²) in [6.07, 6.45) is 0. The molecule has 0 fully saturated rings. The monoisotopic (exact) mass is 178 g/mol. The van der Waals surface area contributed by atoms with Gasteiger partial charge in [0.1, 0.15) is 0 Å². The van der Waals surface area contributed by atoms with E-state index in [0.717, 1.165) is 11.1 Å². The number of nitrogens with two attached hydrogens (primary N) is 1. The van der Waals surface area contributed by atoms with E-state index >= 15 is 0 Å². The molecule has 3 nitrogen and oxygen atoms in total. The van der Waals surface area contributed by atoms with Crippen molar-refractivity contribution in [2.45, 2.75) is 13.8 Å². The van der Waals surface area contributed by atoms with Crippen LogP contribution in [0.15, 0.2) is 29.4 Å². The zero-order valence-electron chi connectivity index (χ0n) is 7.95. The van der Waals surface area contributed by atoms with Gasteiger partial charge in [0.05, 0.1) is 6.61 Å². The lowest BCUT2D eigenvalue weighted by atomic mass is 10.1. The number of ether oxygens (including phenoxy) is 1. The number of rotatable bonds is 2. The fraction of sp³-hybridized carbons (Fsp3) is 0.300. The Kier molecular flexibility index (Phi) is 3.31. The summed E-state index contributed by atoms with van der Waals surface area (Å²) < 4.78 is 5.28. The van der Waals surface area contributed by atoms with E-state index in [2.05, 4.69) is 5.10 Å². The maximum atomic E-state index is 5.28. The number of hydrogen-bond acceptors (Lipinski definition) is 3. The zero-order valence-corrected chi connectivity index (χ0v) is 7.95. The van der Waals surface area contributed by atoms with Crippen LogP contribution in [0.1, 0.15) is 18.1 Å². The molecule has 1 aromatic rings. The molecular weight excluding hydrogens is 164 g/mol. The van der Waals surface area contributed by atoms with Gasteiger partial charge in [-0.25, -0.2) is 0 Å². The lowest BCUT2D eigenvalue weighted by Gasteiger charge is -2.07. The van der Waals surface area contributed by atoms with Crippen LogP contribution in [0, 0.1) is 6.92 Å². The van der Waals surface area contributed by atoms with Crippen LogP contribution in [0.3, 0.4) is 0 Å². The molecule has 13 heavy (non-hydrogen) atoms. The first-order valence-electron chi connectivity index (χ1n) is 4.26. The second kappa shape index (κ2) is 4.50. The minimum absolute atomic E-state index is 0.501. The van der Waals surface area contributed by atoms with Crippen molar-refractivity contribution in [1.82, 2.24) is 0 Å². The van der Waals surface area contributed by atoms with E-state index < -0.39 is 0 Å². The third kappa shape index (κ3) is 2.21. The van der Waals surface area contributed by atoms with Crippen molar-refractivity contribution in [3.8, 4) is 0 Å². The van der Waals surface area contributed by atoms with Gasteiger partial charge in [-0.2, -0.15) is 0 Å². The maximum absolute atomic E-state index is 5.28. The fourth-order valence-corrected chi connectivity index (χ4v) is 1.13. The summed E-state index contributed by atoms with van der Waals surface area (Å²) >= 11 is 0. The van der Waals surface area contributed by atoms with Gasteiger partial charge >= 0.3 is 0 Å². The Morgan fingerprint density at radius 1 is 1.46 bits per heavy atom. The Morgan fingerprint density at radius 3 is 2.69 bits per heavy atom. The van der Waals surface area contributed by atoms with Crippen molar-refractivity contribution in [2.24, 2.45) is 10.9 Å². The minimum atomic E-state index is 0.501. The van der Waals surface area contributed by atoms with Crippen LogP contribution in [-0.2, 0) is 4.74 Å². The normalized spacial score (nSPS) is 11.4. The van der Waals surface area contributed by atoms with Crippen LogP contribution in [0.2, 0.25) is 0 Å². The second-order valence-corrected chi connectivity index (χ2v) is 2.68. The van der Waals surface area contributed by atoms with Crippen LogP contribution in [0.4, 0.5) is 0 Å². The molecule has 0 aromatic heterocycles. The zero-order chi connectivity index (χ0) is 9.68. The lowest BCUT2D eigenvalue weighted by molar-refractivity contribution is 0.327. The summed E-state index contributed by atoms with van der Waals surface area (Å²) in [7, 11) is 0. The topological polar surface area (TPSA) is 47.6 Å². The highest BCUT2D eigenvalue weighted by molar-refractivity contribution is 5.95. The average molecular weight is 178 g/mol. The van der Waals surface area contributed by atoms with Gasteiger partial charge in [-0.15, -0.1) is 5.10 Å². The molecule has 0 amide bonds. The predicted octanol–water partition coefficient (Wildman–Crippen LogP) is 1.65. The van der Waals surface area contributed by atoms with E-state index in [-0.39, 0.29) is 0 Å². The molecule has 0 aliphatic heterocycles. The number of nitrogens with zero attached hydrogens (tertiary/aromatic N) is 1. The molecule has 0 bridgehead atoms. The molecule has 0 unspecified atom stereocenters. The quantitative estimate of drug-likeness (QED) is 0.324. The Bertz CT molecular complexity index is 308. The van der Waals surface area contributed by atoms with E-state index in [0.29, 0.717) is 12.5 Å². The first-order valence-corrected chi connectivity index (χ1v) is 4.26. The van der Waals surface area contributed by atoms with Gasteiger partial charge in [-0.05, 0) is 25.5 Å². The maximum Gasteiger partial charge on any atom is 0.237 e. The molecule has 1 rings (SSSR count). The van der Waals surface area contributed by atoms with Gasteiger partial charge in [-0.3, -0.25) is 0 Å². The van der Waals surface area contributed by atoms with Crippen molar-refractivity contribution < 1.29 is 4.74 Å². The smallest absolute Gasteiger partial charge is 0.237 e. The van der Waals surface area contributed by atoms with Crippen LogP contribution in [-0.4, -0.2) is 12.5 Å². The van der Waals surface area contributed by atoms with Crippen molar-refractivity contribution in [3.63, 3.8) is 0 Å². The van der Waals surface area contributed by atoms with Crippen molar-refractivity contribution in [3.05, 3.63) is 35.4 Å². The predicted molar refractivity (Wildman–Crippen MR) is 53.5 cm³/mol. The summed E-state index contributed by atoms with van der Waals surface area (Å²) in [6.45, 7) is 4.48. The highest BCUT2D eigenvalue weighted by Crippen LogP contribution is 2.08. The highest BCUT2D eigenvalue weighted by atomic mass is 16.5. The molecule has 0 radical (unpaired) electrons. The molecule has 2 N–H and O–H groups in total. The molecule has 70 valence electrons. The highest BCUT2D eigenvalue weighted by Gasteiger charge is 2.05. The minimum Gasteiger partial charge on any atom is -0.477 e. The third-order valence-corrected chi connectivity index (χ3v) is 1.77. The average Bonchev–Trinajstić information content (AvgIpc) is 2.16. The molecule has 3 heteroatoms. The molecule has 0 saturated carbocycles. The largest absolute Gasteiger partial charge is 0.477 e. The van der Waals surface area contributed by atoms with Crippen molar-refractivity contribution >= 4 is 5.90 Å². The summed E-state index contributed by atoms with van der Waals surface area (Å²) in [6, 6.07) is 7.85. The van der Waals surface area contributed by atoms with Crippen molar-refractivity contribution in [1.29, 1.82) is 0 Å². The van der Waals surface area contributed by atoms with E-state index in [1.165, 1.54) is 0 Å². The van der Waals surface area contributed by atoms with Gasteiger partial charge in [0, 0.05) is 5.56 Å². The SMILES string of the molecule is CCOC(=NN)c1ccccc1C. The Labute approximate surface area is 78.2 Å². The summed E-state index contributed by atoms with van der Waals surface area (Å²) in [4.78, 5) is 0. The van der Waals surface area contributed by atoms with Crippen LogP contribution in [0.25, 0.3) is 0 Å². The third-order valence-electron chi connectivity index (χ3n) is 1.77. The number of benzene rings is 1. The van der Waals surface area contributed by atoms with Crippen LogP contribution >= 0.6 is 0 Å². The fourth-order valence-electron chi connectivity index (χ4n) is 1.13. The molecule has 1 aromatic carbocycles. The van der Waals surface area contributed by atoms with Crippen LogP contribution in [0.5, 0.6) is 0 Å². The molecular formula is C10H14N2O. The first-order chi connectivity index (χ1) is 6.29. The van der Waals surface area contributed by atoms with E-state index in [1.54, 1.807) is 0 Å². The van der Waals surface area contributed by atoms with Gasteiger partial charge in [0.2, 0.25) is 5.90 Å². The van der Waals surface area contributed by atoms with Crippen molar-refractivity contribution in [2.75, 3.05) is 6.61 Å². The molecule has 0 atom stereocenters. The lowest BCUT2D eigenvalue weighted by Crippen LogP contribution is -2.10. The van der Waals surface area contributed by atoms with Gasteiger partial charge in [-0.1, -0.05) is 18.2 Å². The summed E-state index contributed by atoms with van der Waals surface area (Å²) in [5.41, 5.74) is 2.06. The van der Waals surface area contributed by atoms with Crippen LogP contribution < -0.4 is 5.84 Å². The molecule has 0 aliphatic rings. The van der Waals surface area contributed by atoms with Gasteiger partial charge in [0.15, 0.2) is 0 Å². The number of aryl methyl sites for hydroxylation is 1. The Hall–Kier alpha value is -1.51. The van der Waals surface area contributed by atoms with Gasteiger partial charge < -0.3 is 10.6 Å². The van der Waals surface area contributed by atoms with E-state index in [4.69, 9.17) is 10.6 Å². The van der Waals surface area contributed by atoms with E-state index in [9.17, 15) is 0 Å². The molecule has 0 heterocycles. The number of hydrogen-bond donors (Lipinski definition) is 1. The second-order valence-electron chi connectivity index (χ2n) is 2.68. The Morgan fingerprint density at radius 2 is 2.15 bits per heavy atom. The molecule has 0 spiro atoms. The molecule has 0 aliphatic carbocycles. The first kappa shape index (κ1) is 9.58. The summed E-state index contributed by atoms with van der Waals surface area (Å²) in [5.74, 6) is 5.72. The van der Waals surface area contributed by atoms with Gasteiger partial charge in [0.25, 0.3) is 0 Å². The Balaban J connectivity index is 2.99. The van der Waals surface area contributed by atoms with E-state index in [1.807, 2.05) is 38.1 Å². The summed E-state index contributed by atoms with van der Waals surface area (Å²) in [5, 5.41) is 3.60. The standard InChI is InChI=1S/C10H14N2O/c1-3-13-10(12-11)9-7-5-4-6-8(9)2/h4-7H,3,11H2,1-2H3.